The predicted molar refractivity (Wildman–Crippen MR) is 117 cm³/mol. The summed E-state index contributed by atoms with van der Waals surface area (Å²) >= 11 is 0. The maximum Gasteiger partial charge on any atom is 0.314 e. The van der Waals surface area contributed by atoms with Gasteiger partial charge in [0.05, 0.1) is 0 Å². The Hall–Kier alpha value is -1.05. The van der Waals surface area contributed by atoms with Crippen LogP contribution in [0.2, 0.25) is 0 Å². The van der Waals surface area contributed by atoms with Gasteiger partial charge in [0, 0.05) is 105 Å². The monoisotopic (exact) mass is 404 g/mol. The van der Waals surface area contributed by atoms with E-state index in [1.54, 1.807) is 0 Å². The third-order valence-electron chi connectivity index (χ3n) is 3.73. The third-order valence-corrected chi connectivity index (χ3v) is 3.73. The van der Waals surface area contributed by atoms with Crippen LogP contribution in [-0.4, -0.2) is 111 Å². The molecule has 0 rings (SSSR count). The van der Waals surface area contributed by atoms with E-state index in [0.29, 0.717) is 26.2 Å². The summed E-state index contributed by atoms with van der Waals surface area (Å²) in [6, 6.07) is -0.128. The zero-order valence-corrected chi connectivity index (χ0v) is 17.4. The smallest absolute Gasteiger partial charge is 0.314 e. The van der Waals surface area contributed by atoms with Crippen molar-refractivity contribution in [3.8, 4) is 0 Å². The number of carbonyl (C=O) groups is 1. The Morgan fingerprint density at radius 2 is 0.679 bits per heavy atom. The summed E-state index contributed by atoms with van der Waals surface area (Å²) in [6.45, 7) is 13.1. The summed E-state index contributed by atoms with van der Waals surface area (Å²) in [5.41, 5.74) is 10.8. The lowest BCUT2D eigenvalue weighted by Gasteiger charge is -2.10. The van der Waals surface area contributed by atoms with E-state index in [1.807, 2.05) is 0 Å². The molecule has 0 spiro atoms. The molecule has 0 aliphatic rings. The Kier molecular flexibility index (Phi) is 23.1. The Morgan fingerprint density at radius 3 is 0.964 bits per heavy atom. The fraction of sp³-hybridized carbons (Fsp3) is 0.941. The Labute approximate surface area is 170 Å². The highest BCUT2D eigenvalue weighted by Gasteiger charge is 1.98. The summed E-state index contributed by atoms with van der Waals surface area (Å²) in [5, 5.41) is 25.3. The first-order chi connectivity index (χ1) is 13.8. The molecule has 168 valence electrons. The van der Waals surface area contributed by atoms with E-state index in [-0.39, 0.29) is 6.03 Å². The second kappa shape index (κ2) is 24.0. The largest absolute Gasteiger partial charge is 0.337 e. The Balaban J connectivity index is 3.13. The quantitative estimate of drug-likeness (QED) is 0.0804. The molecule has 0 aliphatic carbocycles. The number of nitrogens with one attached hydrogen (secondary N) is 8. The number of nitrogens with two attached hydrogens (primary N) is 2. The predicted octanol–water partition coefficient (Wildman–Crippen LogP) is -4.26. The molecule has 12 N–H and O–H groups in total. The van der Waals surface area contributed by atoms with E-state index in [1.165, 1.54) is 0 Å². The van der Waals surface area contributed by atoms with Crippen molar-refractivity contribution in [3.05, 3.63) is 0 Å². The van der Waals surface area contributed by atoms with E-state index < -0.39 is 0 Å². The molecule has 0 saturated heterocycles. The number of urea groups is 1. The molecule has 0 aromatic rings. The minimum absolute atomic E-state index is 0.128. The minimum Gasteiger partial charge on any atom is -0.337 e. The highest BCUT2D eigenvalue weighted by atomic mass is 16.2. The van der Waals surface area contributed by atoms with Crippen molar-refractivity contribution in [2.75, 3.05) is 105 Å². The summed E-state index contributed by atoms with van der Waals surface area (Å²) < 4.78 is 0. The maximum absolute atomic E-state index is 11.6. The van der Waals surface area contributed by atoms with Crippen LogP contribution in [0.3, 0.4) is 0 Å². The lowest BCUT2D eigenvalue weighted by molar-refractivity contribution is 0.241. The minimum atomic E-state index is -0.128. The van der Waals surface area contributed by atoms with Crippen molar-refractivity contribution in [2.24, 2.45) is 11.5 Å². The molecule has 11 heteroatoms. The van der Waals surface area contributed by atoms with E-state index in [0.717, 1.165) is 78.5 Å². The van der Waals surface area contributed by atoms with Crippen molar-refractivity contribution in [3.63, 3.8) is 0 Å². The molecule has 11 nitrogen and oxygen atoms in total. The molecule has 0 aromatic carbocycles. The van der Waals surface area contributed by atoms with Gasteiger partial charge >= 0.3 is 6.03 Å². The van der Waals surface area contributed by atoms with Crippen LogP contribution in [0.15, 0.2) is 0 Å². The van der Waals surface area contributed by atoms with Crippen molar-refractivity contribution < 1.29 is 4.79 Å². The number of hydrogen-bond acceptors (Lipinski definition) is 9. The number of amides is 2. The van der Waals surface area contributed by atoms with Crippen LogP contribution in [0.5, 0.6) is 0 Å². The van der Waals surface area contributed by atoms with Gasteiger partial charge in [-0.25, -0.2) is 4.79 Å². The molecule has 0 saturated carbocycles. The first-order valence-corrected chi connectivity index (χ1v) is 10.5. The second-order valence-electron chi connectivity index (χ2n) is 6.26. The summed E-state index contributed by atoms with van der Waals surface area (Å²) in [7, 11) is 0. The first-order valence-electron chi connectivity index (χ1n) is 10.5. The van der Waals surface area contributed by atoms with Crippen LogP contribution in [0.1, 0.15) is 0 Å². The van der Waals surface area contributed by atoms with Crippen molar-refractivity contribution in [2.45, 2.75) is 0 Å². The first kappa shape index (κ1) is 27.0. The van der Waals surface area contributed by atoms with Crippen molar-refractivity contribution in [1.82, 2.24) is 42.5 Å². The molecule has 28 heavy (non-hydrogen) atoms. The highest BCUT2D eigenvalue weighted by Crippen LogP contribution is 1.67. The zero-order valence-electron chi connectivity index (χ0n) is 17.4. The summed E-state index contributed by atoms with van der Waals surface area (Å²) in [6.07, 6.45) is 0. The SMILES string of the molecule is NCCNCCNCCNCCNC(=O)NCCNCCNCCNCCN. The summed E-state index contributed by atoms with van der Waals surface area (Å²) in [4.78, 5) is 11.6. The van der Waals surface area contributed by atoms with Crippen LogP contribution < -0.4 is 54.0 Å². The number of carbonyl (C=O) groups excluding carboxylic acids is 1. The van der Waals surface area contributed by atoms with Gasteiger partial charge in [-0.15, -0.1) is 0 Å². The van der Waals surface area contributed by atoms with Gasteiger partial charge < -0.3 is 54.0 Å². The van der Waals surface area contributed by atoms with E-state index in [9.17, 15) is 4.79 Å². The molecule has 0 aliphatic heterocycles. The van der Waals surface area contributed by atoms with Gasteiger partial charge in [0.2, 0.25) is 0 Å². The van der Waals surface area contributed by atoms with Crippen molar-refractivity contribution >= 4 is 6.03 Å². The van der Waals surface area contributed by atoms with E-state index in [2.05, 4.69) is 42.5 Å². The number of hydrogen-bond donors (Lipinski definition) is 10. The standard InChI is InChI=1S/C17H44N10O/c18-1-3-20-5-7-22-9-11-24-13-15-26-17(28)27-16-14-25-12-10-23-8-6-21-4-2-19/h20-25H,1-16,18-19H2,(H2,26,27,28). The average Bonchev–Trinajstić information content (AvgIpc) is 2.70. The molecule has 0 radical (unpaired) electrons. The van der Waals surface area contributed by atoms with Crippen LogP contribution in [0.25, 0.3) is 0 Å². The fourth-order valence-corrected chi connectivity index (χ4v) is 2.25. The lowest BCUT2D eigenvalue weighted by Crippen LogP contribution is -2.43. The van der Waals surface area contributed by atoms with Crippen LogP contribution in [-0.2, 0) is 0 Å². The molecule has 0 fully saturated rings. The van der Waals surface area contributed by atoms with Crippen LogP contribution in [0.4, 0.5) is 4.79 Å². The average molecular weight is 405 g/mol. The summed E-state index contributed by atoms with van der Waals surface area (Å²) in [5.74, 6) is 0. The lowest BCUT2D eigenvalue weighted by atomic mass is 10.5. The van der Waals surface area contributed by atoms with Gasteiger partial charge in [-0.05, 0) is 0 Å². The molecule has 0 heterocycles. The Bertz CT molecular complexity index is 294. The molecule has 2 amide bonds. The molecule has 0 bridgehead atoms. The normalized spacial score (nSPS) is 10.9. The number of rotatable bonds is 22. The van der Waals surface area contributed by atoms with Gasteiger partial charge in [0.15, 0.2) is 0 Å². The van der Waals surface area contributed by atoms with Crippen molar-refractivity contribution in [1.29, 1.82) is 0 Å². The maximum atomic E-state index is 11.6. The molecule has 0 atom stereocenters. The van der Waals surface area contributed by atoms with Crippen LogP contribution >= 0.6 is 0 Å². The Morgan fingerprint density at radius 1 is 0.429 bits per heavy atom. The zero-order chi connectivity index (χ0) is 20.5. The topological polar surface area (TPSA) is 165 Å². The van der Waals surface area contributed by atoms with Gasteiger partial charge in [-0.3, -0.25) is 0 Å². The second-order valence-corrected chi connectivity index (χ2v) is 6.26. The van der Waals surface area contributed by atoms with Crippen LogP contribution in [0, 0.1) is 0 Å². The molecular weight excluding hydrogens is 360 g/mol. The molecule has 0 unspecified atom stereocenters. The highest BCUT2D eigenvalue weighted by molar-refractivity contribution is 5.73. The molecule has 0 aromatic heterocycles. The van der Waals surface area contributed by atoms with Gasteiger partial charge in [0.1, 0.15) is 0 Å². The van der Waals surface area contributed by atoms with E-state index >= 15 is 0 Å². The van der Waals surface area contributed by atoms with Gasteiger partial charge in [0.25, 0.3) is 0 Å². The van der Waals surface area contributed by atoms with Gasteiger partial charge in [-0.2, -0.15) is 0 Å². The molecular formula is C17H44N10O. The van der Waals surface area contributed by atoms with E-state index in [4.69, 9.17) is 11.5 Å². The van der Waals surface area contributed by atoms with Gasteiger partial charge in [-0.1, -0.05) is 0 Å². The fourth-order valence-electron chi connectivity index (χ4n) is 2.25. The third kappa shape index (κ3) is 23.0.